The van der Waals surface area contributed by atoms with Crippen LogP contribution in [0.4, 0.5) is 5.69 Å². The minimum Gasteiger partial charge on any atom is -0.393 e. The Bertz CT molecular complexity index is 1000. The van der Waals surface area contributed by atoms with E-state index in [0.29, 0.717) is 34.9 Å². The highest BCUT2D eigenvalue weighted by Gasteiger charge is 2.22. The molecule has 0 spiro atoms. The van der Waals surface area contributed by atoms with Crippen LogP contribution < -0.4 is 5.32 Å². The Hall–Kier alpha value is -2.99. The van der Waals surface area contributed by atoms with Crippen LogP contribution in [0.25, 0.3) is 5.65 Å². The molecule has 1 amide bonds. The fourth-order valence-corrected chi connectivity index (χ4v) is 3.80. The highest BCUT2D eigenvalue weighted by molar-refractivity contribution is 6.04. The number of rotatable bonds is 5. The van der Waals surface area contributed by atoms with Gasteiger partial charge in [0.15, 0.2) is 5.78 Å². The number of anilines is 1. The predicted octanol–water partition coefficient (Wildman–Crippen LogP) is 3.71. The third-order valence-corrected chi connectivity index (χ3v) is 5.38. The second-order valence-corrected chi connectivity index (χ2v) is 7.41. The lowest BCUT2D eigenvalue weighted by Gasteiger charge is -2.24. The van der Waals surface area contributed by atoms with Crippen LogP contribution >= 0.6 is 0 Å². The normalized spacial score (nSPS) is 19.5. The number of nitrogens with zero attached hydrogens (tertiary/aromatic N) is 2. The van der Waals surface area contributed by atoms with E-state index < -0.39 is 0 Å². The molecule has 144 valence electrons. The Kier molecular flexibility index (Phi) is 5.21. The number of aliphatic hydroxyl groups excluding tert-OH is 1. The van der Waals surface area contributed by atoms with Gasteiger partial charge < -0.3 is 10.4 Å². The van der Waals surface area contributed by atoms with Crippen molar-refractivity contribution in [3.8, 4) is 0 Å². The fourth-order valence-electron chi connectivity index (χ4n) is 3.80. The van der Waals surface area contributed by atoms with Crippen LogP contribution in [0.15, 0.2) is 54.9 Å². The van der Waals surface area contributed by atoms with Crippen LogP contribution in [-0.4, -0.2) is 32.3 Å². The van der Waals surface area contributed by atoms with Gasteiger partial charge in [-0.05, 0) is 55.9 Å². The van der Waals surface area contributed by atoms with Crippen molar-refractivity contribution in [2.24, 2.45) is 5.92 Å². The van der Waals surface area contributed by atoms with E-state index in [0.717, 1.165) is 25.7 Å². The summed E-state index contributed by atoms with van der Waals surface area (Å²) in [4.78, 5) is 29.5. The van der Waals surface area contributed by atoms with Gasteiger partial charge >= 0.3 is 0 Å². The van der Waals surface area contributed by atoms with E-state index in [1.54, 1.807) is 34.9 Å². The summed E-state index contributed by atoms with van der Waals surface area (Å²) in [6, 6.07) is 12.6. The fraction of sp³-hybridized carbons (Fsp3) is 0.318. The van der Waals surface area contributed by atoms with Gasteiger partial charge in [-0.25, -0.2) is 4.98 Å². The van der Waals surface area contributed by atoms with Gasteiger partial charge in [-0.15, -0.1) is 0 Å². The maximum absolute atomic E-state index is 12.6. The van der Waals surface area contributed by atoms with Gasteiger partial charge in [-0.2, -0.15) is 0 Å². The monoisotopic (exact) mass is 377 g/mol. The summed E-state index contributed by atoms with van der Waals surface area (Å²) in [6.45, 7) is 0. The summed E-state index contributed by atoms with van der Waals surface area (Å²) in [5, 5.41) is 12.5. The van der Waals surface area contributed by atoms with Crippen molar-refractivity contribution in [2.45, 2.75) is 38.2 Å². The molecule has 28 heavy (non-hydrogen) atoms. The molecule has 1 aromatic carbocycles. The second kappa shape index (κ2) is 7.94. The summed E-state index contributed by atoms with van der Waals surface area (Å²) in [6.07, 6.45) is 6.91. The summed E-state index contributed by atoms with van der Waals surface area (Å²) >= 11 is 0. The standard InChI is InChI=1S/C22H23N3O3/c26-18-9-7-15(8-10-18)12-20(27)16-4-3-5-17(13-16)24-22(28)19-14-23-21-6-1-2-11-25(19)21/h1-6,11,13-15,18,26H,7-10,12H2,(H,24,28). The summed E-state index contributed by atoms with van der Waals surface area (Å²) in [7, 11) is 0. The molecule has 4 rings (SSSR count). The van der Waals surface area contributed by atoms with E-state index in [1.165, 1.54) is 6.20 Å². The number of amides is 1. The number of aliphatic hydroxyl groups is 1. The summed E-state index contributed by atoms with van der Waals surface area (Å²) in [5.41, 5.74) is 2.32. The highest BCUT2D eigenvalue weighted by Crippen LogP contribution is 2.28. The first-order valence-corrected chi connectivity index (χ1v) is 9.65. The maximum atomic E-state index is 12.6. The molecule has 0 aliphatic heterocycles. The molecule has 2 heterocycles. The quantitative estimate of drug-likeness (QED) is 0.664. The van der Waals surface area contributed by atoms with Crippen LogP contribution in [0.3, 0.4) is 0 Å². The lowest BCUT2D eigenvalue weighted by molar-refractivity contribution is 0.0859. The number of hydrogen-bond donors (Lipinski definition) is 2. The number of nitrogens with one attached hydrogen (secondary N) is 1. The zero-order chi connectivity index (χ0) is 19.5. The van der Waals surface area contributed by atoms with Crippen LogP contribution in [0, 0.1) is 5.92 Å². The van der Waals surface area contributed by atoms with E-state index in [4.69, 9.17) is 0 Å². The number of benzene rings is 1. The molecule has 0 bridgehead atoms. The van der Waals surface area contributed by atoms with Gasteiger partial charge in [0, 0.05) is 23.9 Å². The smallest absolute Gasteiger partial charge is 0.274 e. The van der Waals surface area contributed by atoms with Gasteiger partial charge in [-0.3, -0.25) is 14.0 Å². The predicted molar refractivity (Wildman–Crippen MR) is 106 cm³/mol. The number of carbonyl (C=O) groups excluding carboxylic acids is 2. The Morgan fingerprint density at radius 3 is 2.75 bits per heavy atom. The molecule has 1 aliphatic rings. The highest BCUT2D eigenvalue weighted by atomic mass is 16.3. The zero-order valence-corrected chi connectivity index (χ0v) is 15.5. The number of Topliss-reactive ketones (excluding diaryl/α,β-unsaturated/α-hetero) is 1. The molecule has 0 atom stereocenters. The molecule has 2 aromatic heterocycles. The van der Waals surface area contributed by atoms with Crippen molar-refractivity contribution in [1.29, 1.82) is 0 Å². The first kappa shape index (κ1) is 18.4. The van der Waals surface area contributed by atoms with Gasteiger partial charge in [0.25, 0.3) is 5.91 Å². The van der Waals surface area contributed by atoms with Crippen molar-refractivity contribution in [1.82, 2.24) is 9.38 Å². The maximum Gasteiger partial charge on any atom is 0.274 e. The molecule has 2 N–H and O–H groups in total. The lowest BCUT2D eigenvalue weighted by atomic mass is 9.83. The van der Waals surface area contributed by atoms with Gasteiger partial charge in [0.2, 0.25) is 0 Å². The molecule has 3 aromatic rings. The Morgan fingerprint density at radius 1 is 1.11 bits per heavy atom. The molecule has 1 fully saturated rings. The molecular weight excluding hydrogens is 354 g/mol. The van der Waals surface area contributed by atoms with E-state index in [9.17, 15) is 14.7 Å². The summed E-state index contributed by atoms with van der Waals surface area (Å²) < 4.78 is 1.72. The van der Waals surface area contributed by atoms with Crippen molar-refractivity contribution >= 4 is 23.0 Å². The molecule has 6 nitrogen and oxygen atoms in total. The van der Waals surface area contributed by atoms with Gasteiger partial charge in [0.1, 0.15) is 11.3 Å². The molecular formula is C22H23N3O3. The molecule has 0 saturated heterocycles. The van der Waals surface area contributed by atoms with Gasteiger partial charge in [0.05, 0.1) is 12.3 Å². The Balaban J connectivity index is 1.44. The van der Waals surface area contributed by atoms with E-state index in [2.05, 4.69) is 10.3 Å². The average Bonchev–Trinajstić information content (AvgIpc) is 3.14. The van der Waals surface area contributed by atoms with Crippen LogP contribution in [-0.2, 0) is 0 Å². The molecule has 0 unspecified atom stereocenters. The number of imidazole rings is 1. The van der Waals surface area contributed by atoms with E-state index >= 15 is 0 Å². The third-order valence-electron chi connectivity index (χ3n) is 5.38. The van der Waals surface area contributed by atoms with Crippen molar-refractivity contribution in [3.63, 3.8) is 0 Å². The second-order valence-electron chi connectivity index (χ2n) is 7.41. The topological polar surface area (TPSA) is 83.7 Å². The molecule has 1 saturated carbocycles. The largest absolute Gasteiger partial charge is 0.393 e. The van der Waals surface area contributed by atoms with Crippen molar-refractivity contribution in [3.05, 3.63) is 66.1 Å². The SMILES string of the molecule is O=C(CC1CCC(O)CC1)c1cccc(NC(=O)c2cnc3ccccn23)c1. The van der Waals surface area contributed by atoms with Gasteiger partial charge in [-0.1, -0.05) is 18.2 Å². The average molecular weight is 377 g/mol. The third kappa shape index (κ3) is 3.97. The molecule has 6 heteroatoms. The number of hydrogen-bond acceptors (Lipinski definition) is 4. The van der Waals surface area contributed by atoms with Crippen LogP contribution in [0.2, 0.25) is 0 Å². The minimum absolute atomic E-state index is 0.0762. The lowest BCUT2D eigenvalue weighted by Crippen LogP contribution is -2.20. The van der Waals surface area contributed by atoms with Crippen LogP contribution in [0.5, 0.6) is 0 Å². The molecule has 1 aliphatic carbocycles. The molecule has 0 radical (unpaired) electrons. The first-order chi connectivity index (χ1) is 13.6. The van der Waals surface area contributed by atoms with E-state index in [1.807, 2.05) is 18.2 Å². The Labute approximate surface area is 163 Å². The number of carbonyl (C=O) groups is 2. The summed E-state index contributed by atoms with van der Waals surface area (Å²) in [5.74, 6) is 0.129. The minimum atomic E-state index is -0.274. The number of aromatic nitrogens is 2. The van der Waals surface area contributed by atoms with E-state index in [-0.39, 0.29) is 17.8 Å². The number of fused-ring (bicyclic) bond motifs is 1. The zero-order valence-electron chi connectivity index (χ0n) is 15.5. The first-order valence-electron chi connectivity index (χ1n) is 9.65. The van der Waals surface area contributed by atoms with Crippen molar-refractivity contribution < 1.29 is 14.7 Å². The van der Waals surface area contributed by atoms with Crippen LogP contribution in [0.1, 0.15) is 53.0 Å². The number of ketones is 1. The van der Waals surface area contributed by atoms with Crippen molar-refractivity contribution in [2.75, 3.05) is 5.32 Å². The number of pyridine rings is 1. The Morgan fingerprint density at radius 2 is 1.93 bits per heavy atom.